The van der Waals surface area contributed by atoms with Crippen LogP contribution in [0.25, 0.3) is 10.2 Å². The van der Waals surface area contributed by atoms with Crippen molar-refractivity contribution in [2.75, 3.05) is 5.43 Å². The molecule has 0 amide bonds. The maximum absolute atomic E-state index is 5.95. The Morgan fingerprint density at radius 1 is 1.35 bits per heavy atom. The lowest BCUT2D eigenvalue weighted by atomic mass is 10.3. The summed E-state index contributed by atoms with van der Waals surface area (Å²) in [5.74, 6) is 6.91. The highest BCUT2D eigenvalue weighted by molar-refractivity contribution is 7.16. The molecule has 7 nitrogen and oxygen atoms in total. The highest BCUT2D eigenvalue weighted by Crippen LogP contribution is 2.33. The Kier molecular flexibility index (Phi) is 3.03. The molecule has 0 aromatic carbocycles. The van der Waals surface area contributed by atoms with E-state index in [1.807, 2.05) is 32.3 Å². The first-order chi connectivity index (χ1) is 9.60. The summed E-state index contributed by atoms with van der Waals surface area (Å²) in [6, 6.07) is 1.93. The molecule has 3 N–H and O–H groups in total. The number of aromatic nitrogens is 4. The molecule has 3 aromatic heterocycles. The van der Waals surface area contributed by atoms with E-state index in [2.05, 4.69) is 20.5 Å². The number of nitrogens with zero attached hydrogens (tertiary/aromatic N) is 4. The Hall–Kier alpha value is -2.19. The fourth-order valence-corrected chi connectivity index (χ4v) is 2.72. The van der Waals surface area contributed by atoms with Crippen LogP contribution in [0.3, 0.4) is 0 Å². The number of hydrogen-bond acceptors (Lipinski definition) is 7. The van der Waals surface area contributed by atoms with Crippen LogP contribution >= 0.6 is 11.3 Å². The molecule has 0 saturated carbocycles. The maximum Gasteiger partial charge on any atom is 0.241 e. The van der Waals surface area contributed by atoms with Crippen LogP contribution in [0, 0.1) is 13.8 Å². The van der Waals surface area contributed by atoms with Crippen molar-refractivity contribution >= 4 is 27.5 Å². The Bertz CT molecular complexity index is 778. The summed E-state index contributed by atoms with van der Waals surface area (Å²) < 4.78 is 7.73. The summed E-state index contributed by atoms with van der Waals surface area (Å²) >= 11 is 1.51. The number of ether oxygens (including phenoxy) is 1. The van der Waals surface area contributed by atoms with E-state index in [4.69, 9.17) is 10.6 Å². The SMILES string of the molecule is Cc1nn(C)c(C)c1Oc1nc(NN)nc2sccc12. The van der Waals surface area contributed by atoms with Gasteiger partial charge in [0.1, 0.15) is 10.5 Å². The number of nitrogens with two attached hydrogens (primary N) is 1. The third-order valence-electron chi connectivity index (χ3n) is 3.06. The monoisotopic (exact) mass is 290 g/mol. The van der Waals surface area contributed by atoms with Crippen molar-refractivity contribution in [3.63, 3.8) is 0 Å². The first-order valence-electron chi connectivity index (χ1n) is 6.00. The molecule has 3 heterocycles. The number of hydrazine groups is 1. The van der Waals surface area contributed by atoms with Crippen LogP contribution < -0.4 is 16.0 Å². The molecule has 0 fully saturated rings. The first kappa shape index (κ1) is 12.8. The van der Waals surface area contributed by atoms with Gasteiger partial charge < -0.3 is 4.74 Å². The van der Waals surface area contributed by atoms with Gasteiger partial charge in [-0.05, 0) is 25.3 Å². The summed E-state index contributed by atoms with van der Waals surface area (Å²) in [4.78, 5) is 9.38. The molecule has 0 aliphatic rings. The quantitative estimate of drug-likeness (QED) is 0.567. The number of hydrogen-bond donors (Lipinski definition) is 2. The van der Waals surface area contributed by atoms with E-state index in [1.165, 1.54) is 11.3 Å². The van der Waals surface area contributed by atoms with Crippen molar-refractivity contribution in [1.29, 1.82) is 0 Å². The molecule has 104 valence electrons. The summed E-state index contributed by atoms with van der Waals surface area (Å²) in [6.07, 6.45) is 0. The molecule has 0 saturated heterocycles. The zero-order valence-corrected chi connectivity index (χ0v) is 12.2. The molecular formula is C12H14N6OS. The zero-order valence-electron chi connectivity index (χ0n) is 11.3. The number of thiophene rings is 1. The van der Waals surface area contributed by atoms with Crippen LogP contribution in [0.1, 0.15) is 11.4 Å². The minimum Gasteiger partial charge on any atom is -0.434 e. The number of rotatable bonds is 3. The second-order valence-corrected chi connectivity index (χ2v) is 5.26. The van der Waals surface area contributed by atoms with Crippen LogP contribution in [0.2, 0.25) is 0 Å². The second-order valence-electron chi connectivity index (χ2n) is 4.36. The molecule has 0 aliphatic carbocycles. The smallest absolute Gasteiger partial charge is 0.241 e. The average molecular weight is 290 g/mol. The van der Waals surface area contributed by atoms with Gasteiger partial charge in [0, 0.05) is 7.05 Å². The Morgan fingerprint density at radius 3 is 2.80 bits per heavy atom. The fourth-order valence-electron chi connectivity index (χ4n) is 1.97. The number of fused-ring (bicyclic) bond motifs is 1. The second kappa shape index (κ2) is 4.73. The van der Waals surface area contributed by atoms with Crippen molar-refractivity contribution in [3.8, 4) is 11.6 Å². The predicted octanol–water partition coefficient (Wildman–Crippen LogP) is 2.12. The van der Waals surface area contributed by atoms with Gasteiger partial charge in [0.05, 0.1) is 11.1 Å². The molecular weight excluding hydrogens is 276 g/mol. The van der Waals surface area contributed by atoms with Crippen LogP contribution in [0.15, 0.2) is 11.4 Å². The van der Waals surface area contributed by atoms with Crippen molar-refractivity contribution in [2.24, 2.45) is 12.9 Å². The van der Waals surface area contributed by atoms with Gasteiger partial charge in [0.2, 0.25) is 11.8 Å². The van der Waals surface area contributed by atoms with Crippen LogP contribution in [0.5, 0.6) is 11.6 Å². The van der Waals surface area contributed by atoms with Gasteiger partial charge in [-0.25, -0.2) is 10.8 Å². The Balaban J connectivity index is 2.12. The maximum atomic E-state index is 5.95. The van der Waals surface area contributed by atoms with Crippen LogP contribution in [-0.2, 0) is 7.05 Å². The number of aryl methyl sites for hydroxylation is 2. The molecule has 3 rings (SSSR count). The zero-order chi connectivity index (χ0) is 14.3. The lowest BCUT2D eigenvalue weighted by Gasteiger charge is -2.07. The molecule has 0 atom stereocenters. The van der Waals surface area contributed by atoms with E-state index in [9.17, 15) is 0 Å². The number of anilines is 1. The van der Waals surface area contributed by atoms with E-state index in [0.717, 1.165) is 21.6 Å². The van der Waals surface area contributed by atoms with Gasteiger partial charge in [-0.15, -0.1) is 11.3 Å². The first-order valence-corrected chi connectivity index (χ1v) is 6.88. The highest BCUT2D eigenvalue weighted by Gasteiger charge is 2.16. The summed E-state index contributed by atoms with van der Waals surface area (Å²) in [6.45, 7) is 3.85. The molecule has 0 spiro atoms. The number of nitrogen functional groups attached to an aromatic ring is 1. The standard InChI is InChI=1S/C12H14N6OS/c1-6-9(7(2)18(3)17-6)19-10-8-4-5-20-11(8)15-12(14-10)16-13/h4-5H,13H2,1-3H3,(H,14,15,16). The van der Waals surface area contributed by atoms with E-state index >= 15 is 0 Å². The van der Waals surface area contributed by atoms with Gasteiger partial charge in [-0.1, -0.05) is 0 Å². The predicted molar refractivity (Wildman–Crippen MR) is 78.0 cm³/mol. The van der Waals surface area contributed by atoms with Crippen LogP contribution in [0.4, 0.5) is 5.95 Å². The average Bonchev–Trinajstić information content (AvgIpc) is 2.99. The lowest BCUT2D eigenvalue weighted by Crippen LogP contribution is -2.10. The minimum atomic E-state index is 0.328. The van der Waals surface area contributed by atoms with E-state index in [-0.39, 0.29) is 0 Å². The topological polar surface area (TPSA) is 90.9 Å². The lowest BCUT2D eigenvalue weighted by molar-refractivity contribution is 0.461. The van der Waals surface area contributed by atoms with Crippen molar-refractivity contribution < 1.29 is 4.74 Å². The summed E-state index contributed by atoms with van der Waals surface area (Å²) in [5, 5.41) is 7.13. The van der Waals surface area contributed by atoms with Gasteiger partial charge in [0.25, 0.3) is 0 Å². The van der Waals surface area contributed by atoms with Crippen LogP contribution in [-0.4, -0.2) is 19.7 Å². The molecule has 20 heavy (non-hydrogen) atoms. The van der Waals surface area contributed by atoms with Gasteiger partial charge >= 0.3 is 0 Å². The molecule has 8 heteroatoms. The molecule has 0 unspecified atom stereocenters. The highest BCUT2D eigenvalue weighted by atomic mass is 32.1. The normalized spacial score (nSPS) is 11.0. The fraction of sp³-hybridized carbons (Fsp3) is 0.250. The Morgan fingerprint density at radius 2 is 2.15 bits per heavy atom. The van der Waals surface area contributed by atoms with Crippen molar-refractivity contribution in [1.82, 2.24) is 19.7 Å². The largest absolute Gasteiger partial charge is 0.434 e. The summed E-state index contributed by atoms with van der Waals surface area (Å²) in [7, 11) is 1.88. The third kappa shape index (κ3) is 1.98. The Labute approximate surface area is 119 Å². The summed E-state index contributed by atoms with van der Waals surface area (Å²) in [5.41, 5.74) is 4.20. The van der Waals surface area contributed by atoms with E-state index in [0.29, 0.717) is 17.6 Å². The minimum absolute atomic E-state index is 0.328. The van der Waals surface area contributed by atoms with Crippen molar-refractivity contribution in [3.05, 3.63) is 22.8 Å². The molecule has 3 aromatic rings. The van der Waals surface area contributed by atoms with Crippen molar-refractivity contribution in [2.45, 2.75) is 13.8 Å². The molecule has 0 bridgehead atoms. The van der Waals surface area contributed by atoms with Gasteiger partial charge in [-0.3, -0.25) is 10.1 Å². The van der Waals surface area contributed by atoms with Gasteiger partial charge in [0.15, 0.2) is 5.75 Å². The third-order valence-corrected chi connectivity index (χ3v) is 3.87. The molecule has 0 aliphatic heterocycles. The van der Waals surface area contributed by atoms with E-state index < -0.39 is 0 Å². The number of nitrogens with one attached hydrogen (secondary N) is 1. The van der Waals surface area contributed by atoms with E-state index in [1.54, 1.807) is 4.68 Å². The van der Waals surface area contributed by atoms with Gasteiger partial charge in [-0.2, -0.15) is 10.1 Å². The molecule has 0 radical (unpaired) electrons.